The minimum Gasteiger partial charge on any atom is -0.332 e. The Morgan fingerprint density at radius 3 is 2.61 bits per heavy atom. The zero-order valence-electron chi connectivity index (χ0n) is 13.2. The topological polar surface area (TPSA) is 49.4 Å². The first-order valence-corrected chi connectivity index (χ1v) is 7.89. The minimum absolute atomic E-state index is 0.0172. The smallest absolute Gasteiger partial charge is 0.254 e. The van der Waals surface area contributed by atoms with Crippen molar-refractivity contribution in [3.63, 3.8) is 0 Å². The first kappa shape index (κ1) is 15.3. The highest BCUT2D eigenvalue weighted by molar-refractivity contribution is 5.97. The molecule has 0 saturated carbocycles. The highest BCUT2D eigenvalue weighted by Crippen LogP contribution is 2.33. The van der Waals surface area contributed by atoms with Crippen molar-refractivity contribution < 1.29 is 9.59 Å². The second kappa shape index (κ2) is 6.65. The van der Waals surface area contributed by atoms with Crippen molar-refractivity contribution in [1.82, 2.24) is 4.90 Å². The molecule has 1 heterocycles. The van der Waals surface area contributed by atoms with Crippen molar-refractivity contribution in [2.75, 3.05) is 11.9 Å². The van der Waals surface area contributed by atoms with E-state index in [1.54, 1.807) is 24.3 Å². The van der Waals surface area contributed by atoms with Gasteiger partial charge in [0.2, 0.25) is 5.91 Å². The molecule has 23 heavy (non-hydrogen) atoms. The largest absolute Gasteiger partial charge is 0.332 e. The van der Waals surface area contributed by atoms with E-state index in [0.717, 1.165) is 19.4 Å². The number of anilines is 1. The lowest BCUT2D eigenvalue weighted by Crippen LogP contribution is -2.30. The van der Waals surface area contributed by atoms with Crippen LogP contribution in [0.25, 0.3) is 0 Å². The molecule has 1 unspecified atom stereocenters. The average molecular weight is 308 g/mol. The molecule has 118 valence electrons. The third kappa shape index (κ3) is 3.42. The van der Waals surface area contributed by atoms with E-state index in [2.05, 4.69) is 17.4 Å². The molecule has 2 aromatic carbocycles. The fourth-order valence-electron chi connectivity index (χ4n) is 3.13. The Balaban J connectivity index is 1.83. The molecule has 1 atom stereocenters. The Bertz CT molecular complexity index is 712. The molecule has 0 aliphatic carbocycles. The number of carbonyl (C=O) groups excluding carboxylic acids is 2. The van der Waals surface area contributed by atoms with E-state index in [1.807, 2.05) is 23.1 Å². The lowest BCUT2D eigenvalue weighted by atomic mass is 10.0. The molecule has 2 amide bonds. The highest BCUT2D eigenvalue weighted by Gasteiger charge is 2.30. The Morgan fingerprint density at radius 2 is 1.87 bits per heavy atom. The van der Waals surface area contributed by atoms with E-state index < -0.39 is 0 Å². The molecule has 3 rings (SSSR count). The van der Waals surface area contributed by atoms with Gasteiger partial charge in [-0.1, -0.05) is 36.4 Å². The molecule has 1 aliphatic rings. The van der Waals surface area contributed by atoms with Crippen LogP contribution in [0.4, 0.5) is 5.69 Å². The predicted molar refractivity (Wildman–Crippen MR) is 90.2 cm³/mol. The van der Waals surface area contributed by atoms with Gasteiger partial charge >= 0.3 is 0 Å². The van der Waals surface area contributed by atoms with Gasteiger partial charge in [-0.3, -0.25) is 9.59 Å². The average Bonchev–Trinajstić information content (AvgIpc) is 3.04. The van der Waals surface area contributed by atoms with Crippen LogP contribution in [0, 0.1) is 0 Å². The lowest BCUT2D eigenvalue weighted by Gasteiger charge is -2.25. The Kier molecular flexibility index (Phi) is 4.42. The van der Waals surface area contributed by atoms with Gasteiger partial charge in [0.05, 0.1) is 6.04 Å². The zero-order chi connectivity index (χ0) is 16.2. The number of nitrogens with one attached hydrogen (secondary N) is 1. The van der Waals surface area contributed by atoms with Crippen molar-refractivity contribution in [3.8, 4) is 0 Å². The van der Waals surface area contributed by atoms with Gasteiger partial charge in [0.15, 0.2) is 0 Å². The normalized spacial score (nSPS) is 17.1. The van der Waals surface area contributed by atoms with E-state index in [1.165, 1.54) is 12.5 Å². The summed E-state index contributed by atoms with van der Waals surface area (Å²) in [6.07, 6.45) is 2.00. The van der Waals surface area contributed by atoms with Gasteiger partial charge in [-0.15, -0.1) is 0 Å². The molecular formula is C19H20N2O2. The second-order valence-electron chi connectivity index (χ2n) is 5.83. The van der Waals surface area contributed by atoms with E-state index in [0.29, 0.717) is 11.3 Å². The number of benzene rings is 2. The Labute approximate surface area is 136 Å². The van der Waals surface area contributed by atoms with Crippen molar-refractivity contribution in [1.29, 1.82) is 0 Å². The number of hydrogen-bond donors (Lipinski definition) is 1. The van der Waals surface area contributed by atoms with Crippen LogP contribution >= 0.6 is 0 Å². The van der Waals surface area contributed by atoms with E-state index >= 15 is 0 Å². The summed E-state index contributed by atoms with van der Waals surface area (Å²) in [5.74, 6) is -0.124. The number of rotatable bonds is 3. The van der Waals surface area contributed by atoms with Crippen LogP contribution in [0.5, 0.6) is 0 Å². The maximum absolute atomic E-state index is 12.9. The summed E-state index contributed by atoms with van der Waals surface area (Å²) < 4.78 is 0. The lowest BCUT2D eigenvalue weighted by molar-refractivity contribution is -0.114. The maximum Gasteiger partial charge on any atom is 0.254 e. The van der Waals surface area contributed by atoms with Gasteiger partial charge in [-0.2, -0.15) is 0 Å². The SMILES string of the molecule is CC(=O)Nc1cccc(C(=O)N2CCCC2c2ccccc2)c1. The van der Waals surface area contributed by atoms with Crippen LogP contribution in [0.3, 0.4) is 0 Å². The van der Waals surface area contributed by atoms with Crippen LogP contribution in [-0.4, -0.2) is 23.3 Å². The standard InChI is InChI=1S/C19H20N2O2/c1-14(22)20-17-10-5-9-16(13-17)19(23)21-12-6-11-18(21)15-7-3-2-4-8-15/h2-5,7-10,13,18H,6,11-12H2,1H3,(H,20,22). The van der Waals surface area contributed by atoms with Crippen LogP contribution < -0.4 is 5.32 Å². The monoisotopic (exact) mass is 308 g/mol. The Morgan fingerprint density at radius 1 is 1.09 bits per heavy atom. The molecule has 1 fully saturated rings. The summed E-state index contributed by atoms with van der Waals surface area (Å²) in [5, 5.41) is 2.72. The number of nitrogens with zero attached hydrogens (tertiary/aromatic N) is 1. The highest BCUT2D eigenvalue weighted by atomic mass is 16.2. The molecule has 2 aromatic rings. The quantitative estimate of drug-likeness (QED) is 0.941. The van der Waals surface area contributed by atoms with Gasteiger partial charge in [-0.05, 0) is 36.6 Å². The molecule has 1 N–H and O–H groups in total. The van der Waals surface area contributed by atoms with Crippen LogP contribution in [0.2, 0.25) is 0 Å². The summed E-state index contributed by atoms with van der Waals surface area (Å²) in [4.78, 5) is 26.0. The van der Waals surface area contributed by atoms with Gasteiger partial charge in [-0.25, -0.2) is 0 Å². The zero-order valence-corrected chi connectivity index (χ0v) is 13.2. The molecule has 0 aromatic heterocycles. The van der Waals surface area contributed by atoms with Gasteiger partial charge < -0.3 is 10.2 Å². The number of amides is 2. The number of carbonyl (C=O) groups is 2. The summed E-state index contributed by atoms with van der Waals surface area (Å²) >= 11 is 0. The predicted octanol–water partition coefficient (Wildman–Crippen LogP) is 3.62. The first-order chi connectivity index (χ1) is 11.1. The van der Waals surface area contributed by atoms with Crippen LogP contribution in [0.15, 0.2) is 54.6 Å². The fraction of sp³-hybridized carbons (Fsp3) is 0.263. The van der Waals surface area contributed by atoms with Gasteiger partial charge in [0, 0.05) is 24.7 Å². The van der Waals surface area contributed by atoms with Crippen LogP contribution in [-0.2, 0) is 4.79 Å². The van der Waals surface area contributed by atoms with Crippen molar-refractivity contribution in [2.45, 2.75) is 25.8 Å². The third-order valence-corrected chi connectivity index (χ3v) is 4.13. The molecule has 4 nitrogen and oxygen atoms in total. The third-order valence-electron chi connectivity index (χ3n) is 4.13. The summed E-state index contributed by atoms with van der Waals surface area (Å²) in [6.45, 7) is 2.23. The first-order valence-electron chi connectivity index (χ1n) is 7.89. The Hall–Kier alpha value is -2.62. The molecular weight excluding hydrogens is 288 g/mol. The maximum atomic E-state index is 12.9. The molecule has 0 radical (unpaired) electrons. The fourth-order valence-corrected chi connectivity index (χ4v) is 3.13. The van der Waals surface area contributed by atoms with E-state index in [4.69, 9.17) is 0 Å². The van der Waals surface area contributed by atoms with Crippen molar-refractivity contribution >= 4 is 17.5 Å². The van der Waals surface area contributed by atoms with E-state index in [9.17, 15) is 9.59 Å². The molecule has 1 saturated heterocycles. The van der Waals surface area contributed by atoms with E-state index in [-0.39, 0.29) is 17.9 Å². The van der Waals surface area contributed by atoms with Gasteiger partial charge in [0.1, 0.15) is 0 Å². The summed E-state index contributed by atoms with van der Waals surface area (Å²) in [7, 11) is 0. The summed E-state index contributed by atoms with van der Waals surface area (Å²) in [5.41, 5.74) is 2.44. The minimum atomic E-state index is -0.141. The van der Waals surface area contributed by atoms with Crippen LogP contribution in [0.1, 0.15) is 41.7 Å². The molecule has 0 spiro atoms. The molecule has 1 aliphatic heterocycles. The molecule has 4 heteroatoms. The number of likely N-dealkylation sites (tertiary alicyclic amines) is 1. The second-order valence-corrected chi connectivity index (χ2v) is 5.83. The number of hydrogen-bond acceptors (Lipinski definition) is 2. The molecule has 0 bridgehead atoms. The van der Waals surface area contributed by atoms with Crippen molar-refractivity contribution in [2.24, 2.45) is 0 Å². The van der Waals surface area contributed by atoms with Gasteiger partial charge in [0.25, 0.3) is 5.91 Å². The summed E-state index contributed by atoms with van der Waals surface area (Å²) in [6, 6.07) is 17.4. The van der Waals surface area contributed by atoms with Crippen molar-refractivity contribution in [3.05, 3.63) is 65.7 Å².